The second-order valence-electron chi connectivity index (χ2n) is 8.39. The zero-order chi connectivity index (χ0) is 21.6. The van der Waals surface area contributed by atoms with Crippen molar-refractivity contribution in [3.05, 3.63) is 82.8 Å². The number of halogens is 1. The molecule has 162 valence electrons. The van der Waals surface area contributed by atoms with Gasteiger partial charge in [-0.25, -0.2) is 4.39 Å². The van der Waals surface area contributed by atoms with Crippen LogP contribution in [0.4, 0.5) is 4.39 Å². The quantitative estimate of drug-likeness (QED) is 0.522. The number of hydrogen-bond donors (Lipinski definition) is 1. The summed E-state index contributed by atoms with van der Waals surface area (Å²) in [4.78, 5) is 0. The van der Waals surface area contributed by atoms with E-state index < -0.39 is 0 Å². The van der Waals surface area contributed by atoms with E-state index in [1.165, 1.54) is 23.3 Å². The molecule has 0 amide bonds. The van der Waals surface area contributed by atoms with E-state index >= 15 is 0 Å². The van der Waals surface area contributed by atoms with E-state index in [0.717, 1.165) is 54.9 Å². The maximum atomic E-state index is 13.2. The summed E-state index contributed by atoms with van der Waals surface area (Å²) < 4.78 is 19.2. The largest absolute Gasteiger partial charge is 0.380 e. The number of nitrogens with zero attached hydrogens (tertiary/aromatic N) is 2. The summed E-state index contributed by atoms with van der Waals surface area (Å²) in [5.41, 5.74) is 6.44. The summed E-state index contributed by atoms with van der Waals surface area (Å²) in [6, 6.07) is 17.7. The Labute approximate surface area is 183 Å². The third-order valence-electron chi connectivity index (χ3n) is 6.11. The topological polar surface area (TPSA) is 47.0 Å². The zero-order valence-corrected chi connectivity index (χ0v) is 18.3. The fraction of sp³-hybridized carbons (Fsp3) is 0.385. The van der Waals surface area contributed by atoms with Crippen molar-refractivity contribution in [2.24, 2.45) is 0 Å². The molecule has 0 unspecified atom stereocenters. The van der Waals surface area contributed by atoms with Crippen molar-refractivity contribution in [3.8, 4) is 11.3 Å². The van der Waals surface area contributed by atoms with Crippen LogP contribution in [0.2, 0.25) is 0 Å². The van der Waals surface area contributed by atoms with Gasteiger partial charge >= 0.3 is 0 Å². The van der Waals surface area contributed by atoms with E-state index in [-0.39, 0.29) is 5.82 Å². The third kappa shape index (κ3) is 5.54. The number of hydrogen-bond acceptors (Lipinski definition) is 4. The number of aromatic nitrogens is 2. The smallest absolute Gasteiger partial charge is 0.123 e. The third-order valence-corrected chi connectivity index (χ3v) is 6.11. The molecule has 0 saturated carbocycles. The van der Waals surface area contributed by atoms with Crippen molar-refractivity contribution < 1.29 is 9.13 Å². The number of ether oxygens (including phenoxy) is 1. The molecule has 1 aromatic heterocycles. The van der Waals surface area contributed by atoms with Crippen LogP contribution in [-0.4, -0.2) is 36.0 Å². The molecule has 4 nitrogen and oxygen atoms in total. The van der Waals surface area contributed by atoms with E-state index in [1.807, 2.05) is 6.92 Å². The van der Waals surface area contributed by atoms with Crippen LogP contribution in [0, 0.1) is 19.7 Å². The summed E-state index contributed by atoms with van der Waals surface area (Å²) in [7, 11) is 0. The average molecular weight is 420 g/mol. The molecule has 0 radical (unpaired) electrons. The Kier molecular flexibility index (Phi) is 7.05. The minimum atomic E-state index is -0.248. The van der Waals surface area contributed by atoms with E-state index in [9.17, 15) is 4.39 Å². The maximum absolute atomic E-state index is 13.2. The van der Waals surface area contributed by atoms with Crippen molar-refractivity contribution in [3.63, 3.8) is 0 Å². The van der Waals surface area contributed by atoms with Crippen LogP contribution in [0.15, 0.2) is 54.6 Å². The molecule has 2 atom stereocenters. The maximum Gasteiger partial charge on any atom is 0.123 e. The predicted molar refractivity (Wildman–Crippen MR) is 122 cm³/mol. The van der Waals surface area contributed by atoms with Crippen LogP contribution in [0.1, 0.15) is 41.1 Å². The van der Waals surface area contributed by atoms with Crippen molar-refractivity contribution in [2.45, 2.75) is 45.1 Å². The summed E-state index contributed by atoms with van der Waals surface area (Å²) in [5, 5.41) is 12.2. The van der Waals surface area contributed by atoms with Crippen molar-refractivity contribution in [1.29, 1.82) is 0 Å². The molecule has 0 spiro atoms. The molecule has 0 aliphatic carbocycles. The first-order valence-corrected chi connectivity index (χ1v) is 11.1. The van der Waals surface area contributed by atoms with E-state index in [2.05, 4.69) is 52.8 Å². The van der Waals surface area contributed by atoms with Gasteiger partial charge in [0.1, 0.15) is 5.82 Å². The molecule has 1 aliphatic rings. The molecule has 4 rings (SSSR count). The first-order valence-electron chi connectivity index (χ1n) is 11.1. The van der Waals surface area contributed by atoms with Gasteiger partial charge in [0.15, 0.2) is 0 Å². The first kappa shape index (κ1) is 21.6. The minimum absolute atomic E-state index is 0.248. The fourth-order valence-corrected chi connectivity index (χ4v) is 4.24. The molecule has 3 aromatic rings. The highest BCUT2D eigenvalue weighted by atomic mass is 19.1. The number of rotatable bonds is 8. The molecular formula is C26H30FN3O. The summed E-state index contributed by atoms with van der Waals surface area (Å²) in [5.74, 6) is 0.271. The van der Waals surface area contributed by atoms with Gasteiger partial charge in [0, 0.05) is 24.1 Å². The highest BCUT2D eigenvalue weighted by Crippen LogP contribution is 2.28. The second-order valence-corrected chi connectivity index (χ2v) is 8.39. The molecule has 5 heteroatoms. The van der Waals surface area contributed by atoms with Gasteiger partial charge in [-0.1, -0.05) is 29.8 Å². The fourth-order valence-electron chi connectivity index (χ4n) is 4.24. The summed E-state index contributed by atoms with van der Waals surface area (Å²) in [6.07, 6.45) is 2.97. The Morgan fingerprint density at radius 1 is 1.03 bits per heavy atom. The monoisotopic (exact) mass is 419 g/mol. The van der Waals surface area contributed by atoms with Gasteiger partial charge in [0.2, 0.25) is 0 Å². The Hall–Kier alpha value is -2.63. The highest BCUT2D eigenvalue weighted by Gasteiger charge is 2.28. The van der Waals surface area contributed by atoms with Crippen LogP contribution < -0.4 is 5.32 Å². The molecule has 1 fully saturated rings. The van der Waals surface area contributed by atoms with Crippen LogP contribution in [0.3, 0.4) is 0 Å². The minimum Gasteiger partial charge on any atom is -0.380 e. The number of benzene rings is 2. The summed E-state index contributed by atoms with van der Waals surface area (Å²) in [6.45, 7) is 6.59. The lowest BCUT2D eigenvalue weighted by Crippen LogP contribution is -2.31. The highest BCUT2D eigenvalue weighted by molar-refractivity contribution is 5.59. The Morgan fingerprint density at radius 2 is 1.81 bits per heavy atom. The SMILES string of the molecule is Cc1ccc([C@H]2CCN[C@@H]2COCCCc2cc(-c3ccc(F)cc3)nnc2C)cc1. The second kappa shape index (κ2) is 10.1. The summed E-state index contributed by atoms with van der Waals surface area (Å²) >= 11 is 0. The van der Waals surface area contributed by atoms with Crippen molar-refractivity contribution in [2.75, 3.05) is 19.8 Å². The molecule has 1 N–H and O–H groups in total. The van der Waals surface area contributed by atoms with Gasteiger partial charge in [-0.15, -0.1) is 0 Å². The van der Waals surface area contributed by atoms with E-state index in [0.29, 0.717) is 18.6 Å². The lowest BCUT2D eigenvalue weighted by Gasteiger charge is -2.20. The average Bonchev–Trinajstić information content (AvgIpc) is 3.24. The Morgan fingerprint density at radius 3 is 2.58 bits per heavy atom. The van der Waals surface area contributed by atoms with Gasteiger partial charge in [0.25, 0.3) is 0 Å². The van der Waals surface area contributed by atoms with Gasteiger partial charge in [-0.2, -0.15) is 10.2 Å². The van der Waals surface area contributed by atoms with Gasteiger partial charge in [-0.3, -0.25) is 0 Å². The lowest BCUT2D eigenvalue weighted by atomic mass is 9.92. The van der Waals surface area contributed by atoms with Crippen molar-refractivity contribution in [1.82, 2.24) is 15.5 Å². The Bertz CT molecular complexity index is 989. The Balaban J connectivity index is 1.27. The number of nitrogens with one attached hydrogen (secondary N) is 1. The van der Waals surface area contributed by atoms with Gasteiger partial charge in [-0.05, 0) is 81.1 Å². The molecule has 1 aliphatic heterocycles. The van der Waals surface area contributed by atoms with E-state index in [4.69, 9.17) is 4.74 Å². The van der Waals surface area contributed by atoms with Crippen LogP contribution in [0.25, 0.3) is 11.3 Å². The number of aryl methyl sites for hydroxylation is 3. The van der Waals surface area contributed by atoms with Crippen LogP contribution in [-0.2, 0) is 11.2 Å². The normalized spacial score (nSPS) is 18.4. The molecule has 2 aromatic carbocycles. The van der Waals surface area contributed by atoms with Crippen molar-refractivity contribution >= 4 is 0 Å². The molecule has 0 bridgehead atoms. The molecule has 1 saturated heterocycles. The van der Waals surface area contributed by atoms with Crippen LogP contribution in [0.5, 0.6) is 0 Å². The lowest BCUT2D eigenvalue weighted by molar-refractivity contribution is 0.110. The van der Waals surface area contributed by atoms with Gasteiger partial charge in [0.05, 0.1) is 18.0 Å². The van der Waals surface area contributed by atoms with E-state index in [1.54, 1.807) is 12.1 Å². The van der Waals surface area contributed by atoms with Crippen LogP contribution >= 0.6 is 0 Å². The predicted octanol–water partition coefficient (Wildman–Crippen LogP) is 4.99. The molecule has 2 heterocycles. The van der Waals surface area contributed by atoms with Gasteiger partial charge < -0.3 is 10.1 Å². The standard InChI is InChI=1S/C26H30FN3O/c1-18-5-7-20(8-6-18)24-13-14-28-26(24)17-31-15-3-4-22-16-25(30-29-19(22)2)21-9-11-23(27)12-10-21/h5-12,16,24,26,28H,3-4,13-15,17H2,1-2H3/t24-,26-/m1/s1. The molecule has 31 heavy (non-hydrogen) atoms. The molecular weight excluding hydrogens is 389 g/mol. The zero-order valence-electron chi connectivity index (χ0n) is 18.3. The first-order chi connectivity index (χ1) is 15.1.